The van der Waals surface area contributed by atoms with Gasteiger partial charge in [-0.1, -0.05) is 33.8 Å². The van der Waals surface area contributed by atoms with Crippen LogP contribution in [-0.4, -0.2) is 31.6 Å². The van der Waals surface area contributed by atoms with Gasteiger partial charge >= 0.3 is 5.97 Å². The Morgan fingerprint density at radius 1 is 1.53 bits per heavy atom. The molecule has 0 atom stereocenters. The minimum Gasteiger partial charge on any atom is -0.481 e. The van der Waals surface area contributed by atoms with E-state index in [2.05, 4.69) is 26.0 Å². The highest BCUT2D eigenvalue weighted by Gasteiger charge is 2.13. The Labute approximate surface area is 123 Å². The molecule has 0 aliphatic rings. The number of thioether (sulfide) groups is 1. The summed E-state index contributed by atoms with van der Waals surface area (Å²) in [7, 11) is 1.76. The van der Waals surface area contributed by atoms with Crippen molar-refractivity contribution in [2.24, 2.45) is 7.05 Å². The molecule has 100 valence electrons. The van der Waals surface area contributed by atoms with Gasteiger partial charge in [0.25, 0.3) is 0 Å². The van der Waals surface area contributed by atoms with Crippen LogP contribution in [0.15, 0.2) is 27.8 Å². The number of nitrogens with zero attached hydrogens (tertiary/aromatic N) is 3. The van der Waals surface area contributed by atoms with E-state index in [9.17, 15) is 4.79 Å². The van der Waals surface area contributed by atoms with Crippen molar-refractivity contribution in [3.8, 4) is 11.4 Å². The summed E-state index contributed by atoms with van der Waals surface area (Å²) in [6, 6.07) is 5.90. The van der Waals surface area contributed by atoms with Gasteiger partial charge in [0, 0.05) is 17.1 Å². The Morgan fingerprint density at radius 3 is 2.95 bits per heavy atom. The number of hydrogen-bond donors (Lipinski definition) is 1. The van der Waals surface area contributed by atoms with Gasteiger partial charge in [-0.2, -0.15) is 5.10 Å². The van der Waals surface area contributed by atoms with Crippen LogP contribution in [0, 0.1) is 6.92 Å². The van der Waals surface area contributed by atoms with E-state index in [0.717, 1.165) is 27.4 Å². The number of carboxylic acids is 1. The van der Waals surface area contributed by atoms with E-state index in [-0.39, 0.29) is 5.75 Å². The molecule has 0 aliphatic carbocycles. The van der Waals surface area contributed by atoms with Crippen LogP contribution in [0.1, 0.15) is 5.56 Å². The first-order chi connectivity index (χ1) is 8.97. The monoisotopic (exact) mass is 341 g/mol. The van der Waals surface area contributed by atoms with Gasteiger partial charge in [-0.15, -0.1) is 0 Å². The molecule has 0 amide bonds. The van der Waals surface area contributed by atoms with Crippen LogP contribution in [0.25, 0.3) is 11.4 Å². The Morgan fingerprint density at radius 2 is 2.26 bits per heavy atom. The van der Waals surface area contributed by atoms with Crippen LogP contribution >= 0.6 is 27.7 Å². The molecule has 0 radical (unpaired) electrons. The average Bonchev–Trinajstić information content (AvgIpc) is 2.71. The fourth-order valence-electron chi connectivity index (χ4n) is 1.57. The van der Waals surface area contributed by atoms with E-state index >= 15 is 0 Å². The maximum absolute atomic E-state index is 10.6. The number of aryl methyl sites for hydroxylation is 2. The van der Waals surface area contributed by atoms with Gasteiger partial charge in [-0.3, -0.25) is 4.79 Å². The first-order valence-corrected chi connectivity index (χ1v) is 7.27. The Bertz CT molecular complexity index is 627. The highest BCUT2D eigenvalue weighted by molar-refractivity contribution is 9.10. The molecule has 0 bridgehead atoms. The van der Waals surface area contributed by atoms with Gasteiger partial charge in [-0.25, -0.2) is 9.67 Å². The number of hydrogen-bond acceptors (Lipinski definition) is 4. The third-order valence-corrected chi connectivity index (χ3v) is 3.99. The lowest BCUT2D eigenvalue weighted by Gasteiger charge is -2.01. The quantitative estimate of drug-likeness (QED) is 0.866. The van der Waals surface area contributed by atoms with E-state index < -0.39 is 5.97 Å². The van der Waals surface area contributed by atoms with Crippen LogP contribution in [-0.2, 0) is 11.8 Å². The van der Waals surface area contributed by atoms with Crippen LogP contribution < -0.4 is 0 Å². The summed E-state index contributed by atoms with van der Waals surface area (Å²) >= 11 is 4.58. The van der Waals surface area contributed by atoms with Crippen molar-refractivity contribution in [1.82, 2.24) is 14.8 Å². The summed E-state index contributed by atoms with van der Waals surface area (Å²) in [6.45, 7) is 1.99. The van der Waals surface area contributed by atoms with Crippen molar-refractivity contribution in [3.63, 3.8) is 0 Å². The summed E-state index contributed by atoms with van der Waals surface area (Å²) in [4.78, 5) is 15.0. The largest absolute Gasteiger partial charge is 0.481 e. The van der Waals surface area contributed by atoms with Gasteiger partial charge in [0.2, 0.25) is 0 Å². The zero-order valence-electron chi connectivity index (χ0n) is 10.4. The molecule has 0 fully saturated rings. The molecule has 5 nitrogen and oxygen atoms in total. The van der Waals surface area contributed by atoms with E-state index in [1.54, 1.807) is 11.7 Å². The maximum Gasteiger partial charge on any atom is 0.313 e. The zero-order valence-corrected chi connectivity index (χ0v) is 12.8. The predicted molar refractivity (Wildman–Crippen MR) is 77.2 cm³/mol. The Balaban J connectivity index is 2.33. The molecule has 19 heavy (non-hydrogen) atoms. The van der Waals surface area contributed by atoms with Crippen molar-refractivity contribution in [1.29, 1.82) is 0 Å². The second kappa shape index (κ2) is 5.75. The maximum atomic E-state index is 10.6. The Hall–Kier alpha value is -1.34. The normalized spacial score (nSPS) is 10.7. The third kappa shape index (κ3) is 3.36. The molecule has 0 saturated carbocycles. The first kappa shape index (κ1) is 14.1. The van der Waals surface area contributed by atoms with Crippen molar-refractivity contribution >= 4 is 33.7 Å². The fraction of sp³-hybridized carbons (Fsp3) is 0.250. The molecular formula is C12H12BrN3O2S. The number of carboxylic acid groups (broad SMARTS) is 1. The fourth-order valence-corrected chi connectivity index (χ4v) is 2.56. The first-order valence-electron chi connectivity index (χ1n) is 5.49. The second-order valence-electron chi connectivity index (χ2n) is 3.98. The molecule has 0 spiro atoms. The lowest BCUT2D eigenvalue weighted by molar-refractivity contribution is -0.133. The molecule has 7 heteroatoms. The van der Waals surface area contributed by atoms with E-state index in [4.69, 9.17) is 5.11 Å². The lowest BCUT2D eigenvalue weighted by Crippen LogP contribution is -2.00. The molecule has 1 heterocycles. The zero-order chi connectivity index (χ0) is 14.0. The number of aliphatic carboxylic acids is 1. The van der Waals surface area contributed by atoms with Crippen molar-refractivity contribution in [3.05, 3.63) is 28.2 Å². The van der Waals surface area contributed by atoms with E-state index in [1.807, 2.05) is 25.1 Å². The van der Waals surface area contributed by atoms with E-state index in [0.29, 0.717) is 11.0 Å². The Kier molecular flexibility index (Phi) is 4.26. The number of aromatic nitrogens is 3. The van der Waals surface area contributed by atoms with Crippen LogP contribution in [0.4, 0.5) is 0 Å². The molecule has 0 saturated heterocycles. The van der Waals surface area contributed by atoms with Gasteiger partial charge in [-0.05, 0) is 24.6 Å². The highest BCUT2D eigenvalue weighted by atomic mass is 79.9. The highest BCUT2D eigenvalue weighted by Crippen LogP contribution is 2.26. The molecule has 0 unspecified atom stereocenters. The molecule has 1 N–H and O–H groups in total. The lowest BCUT2D eigenvalue weighted by atomic mass is 10.1. The van der Waals surface area contributed by atoms with Gasteiger partial charge in [0.1, 0.15) is 0 Å². The average molecular weight is 342 g/mol. The summed E-state index contributed by atoms with van der Waals surface area (Å²) in [6.07, 6.45) is 0. The molecule has 2 aromatic rings. The number of carbonyl (C=O) groups is 1. The number of halogens is 1. The molecular weight excluding hydrogens is 330 g/mol. The summed E-state index contributed by atoms with van der Waals surface area (Å²) in [5.74, 6) is -0.286. The van der Waals surface area contributed by atoms with Crippen molar-refractivity contribution < 1.29 is 9.90 Å². The molecule has 1 aromatic carbocycles. The van der Waals surface area contributed by atoms with Crippen LogP contribution in [0.5, 0.6) is 0 Å². The minimum absolute atomic E-state index is 0.0244. The van der Waals surface area contributed by atoms with E-state index in [1.165, 1.54) is 0 Å². The molecule has 2 rings (SSSR count). The second-order valence-corrected chi connectivity index (χ2v) is 5.84. The summed E-state index contributed by atoms with van der Waals surface area (Å²) in [5, 5.41) is 13.6. The van der Waals surface area contributed by atoms with Gasteiger partial charge in [0.15, 0.2) is 11.0 Å². The SMILES string of the molecule is Cc1ccc(Br)cc1-c1nc(SCC(=O)O)n(C)n1. The van der Waals surface area contributed by atoms with Crippen molar-refractivity contribution in [2.45, 2.75) is 12.1 Å². The standard InChI is InChI=1S/C12H12BrN3O2S/c1-7-3-4-8(13)5-9(7)11-14-12(16(2)15-11)19-6-10(17)18/h3-5H,6H2,1-2H3,(H,17,18). The smallest absolute Gasteiger partial charge is 0.313 e. The number of rotatable bonds is 4. The van der Waals surface area contributed by atoms with Crippen molar-refractivity contribution in [2.75, 3.05) is 5.75 Å². The third-order valence-electron chi connectivity index (χ3n) is 2.49. The van der Waals surface area contributed by atoms with Crippen LogP contribution in [0.2, 0.25) is 0 Å². The van der Waals surface area contributed by atoms with Crippen LogP contribution in [0.3, 0.4) is 0 Å². The minimum atomic E-state index is -0.867. The predicted octanol–water partition coefficient (Wildman–Crippen LogP) is 2.73. The van der Waals surface area contributed by atoms with Gasteiger partial charge in [0.05, 0.1) is 5.75 Å². The van der Waals surface area contributed by atoms with Gasteiger partial charge < -0.3 is 5.11 Å². The topological polar surface area (TPSA) is 68.0 Å². The summed E-state index contributed by atoms with van der Waals surface area (Å²) < 4.78 is 2.56. The molecule has 1 aromatic heterocycles. The number of benzene rings is 1. The molecule has 0 aliphatic heterocycles. The summed E-state index contributed by atoms with van der Waals surface area (Å²) in [5.41, 5.74) is 2.01.